The van der Waals surface area contributed by atoms with Gasteiger partial charge in [-0.05, 0) is 12.5 Å². The molecule has 2 amide bonds. The summed E-state index contributed by atoms with van der Waals surface area (Å²) in [6.45, 7) is 2.10. The summed E-state index contributed by atoms with van der Waals surface area (Å²) in [6.07, 6.45) is 0. The van der Waals surface area contributed by atoms with E-state index in [1.54, 1.807) is 19.1 Å². The second-order valence-corrected chi connectivity index (χ2v) is 6.82. The molecule has 1 unspecified atom stereocenters. The number of methoxy groups -OCH3 is 3. The molecule has 1 atom stereocenters. The number of benzene rings is 2. The third kappa shape index (κ3) is 4.88. The van der Waals surface area contributed by atoms with Gasteiger partial charge in [0.15, 0.2) is 11.5 Å². The van der Waals surface area contributed by atoms with E-state index in [0.29, 0.717) is 34.2 Å². The zero-order valence-electron chi connectivity index (χ0n) is 18.5. The predicted octanol–water partition coefficient (Wildman–Crippen LogP) is 3.00. The van der Waals surface area contributed by atoms with Crippen LogP contribution in [0.4, 0.5) is 10.5 Å². The topological polar surface area (TPSA) is 107 Å². The molecule has 0 aromatic heterocycles. The number of carbonyl (C=O) groups excluding carboxylic acids is 2. The van der Waals surface area contributed by atoms with Crippen molar-refractivity contribution >= 4 is 17.7 Å². The fraction of sp³-hybridized carbons (Fsp3) is 0.304. The highest BCUT2D eigenvalue weighted by Crippen LogP contribution is 2.40. The van der Waals surface area contributed by atoms with E-state index in [2.05, 4.69) is 16.0 Å². The van der Waals surface area contributed by atoms with Crippen LogP contribution in [0.2, 0.25) is 0 Å². The summed E-state index contributed by atoms with van der Waals surface area (Å²) in [6, 6.07) is 11.7. The smallest absolute Gasteiger partial charge is 0.338 e. The average molecular weight is 441 g/mol. The average Bonchev–Trinajstić information content (AvgIpc) is 2.82. The first-order valence-corrected chi connectivity index (χ1v) is 10.1. The summed E-state index contributed by atoms with van der Waals surface area (Å²) in [5.74, 6) is 0.915. The highest BCUT2D eigenvalue weighted by atomic mass is 16.5. The summed E-state index contributed by atoms with van der Waals surface area (Å²) >= 11 is 0. The fourth-order valence-corrected chi connectivity index (χ4v) is 3.48. The van der Waals surface area contributed by atoms with Gasteiger partial charge in [-0.3, -0.25) is 0 Å². The van der Waals surface area contributed by atoms with Gasteiger partial charge in [0, 0.05) is 17.8 Å². The van der Waals surface area contributed by atoms with Crippen LogP contribution in [-0.2, 0) is 9.53 Å². The molecule has 0 saturated heterocycles. The quantitative estimate of drug-likeness (QED) is 0.514. The maximum atomic E-state index is 12.8. The SMILES string of the molecule is CCOC(=O)C1=C(CNc2cc(OC)c(OC)c(OC)c2)NC(=O)NC1c1ccccc1. The van der Waals surface area contributed by atoms with Crippen LogP contribution in [0.5, 0.6) is 17.2 Å². The predicted molar refractivity (Wildman–Crippen MR) is 119 cm³/mol. The molecule has 32 heavy (non-hydrogen) atoms. The van der Waals surface area contributed by atoms with Gasteiger partial charge in [0.2, 0.25) is 5.75 Å². The molecule has 0 saturated carbocycles. The Balaban J connectivity index is 1.97. The molecule has 0 fully saturated rings. The van der Waals surface area contributed by atoms with Gasteiger partial charge >= 0.3 is 12.0 Å². The Morgan fingerprint density at radius 3 is 2.25 bits per heavy atom. The number of hydrogen-bond donors (Lipinski definition) is 3. The van der Waals surface area contributed by atoms with Gasteiger partial charge in [0.25, 0.3) is 0 Å². The molecule has 0 radical (unpaired) electrons. The maximum absolute atomic E-state index is 12.8. The standard InChI is InChI=1S/C23H27N3O6/c1-5-32-22(27)19-16(25-23(28)26-20(19)14-9-7-6-8-10-14)13-24-15-11-17(29-2)21(31-4)18(12-15)30-3/h6-12,20,24H,5,13H2,1-4H3,(H2,25,26,28). The van der Waals surface area contributed by atoms with Crippen molar-refractivity contribution in [3.63, 3.8) is 0 Å². The molecule has 2 aromatic rings. The van der Waals surface area contributed by atoms with Crippen molar-refractivity contribution in [2.75, 3.05) is 39.8 Å². The van der Waals surface area contributed by atoms with Gasteiger partial charge in [-0.1, -0.05) is 30.3 Å². The van der Waals surface area contributed by atoms with Crippen molar-refractivity contribution in [3.8, 4) is 17.2 Å². The molecule has 0 aliphatic carbocycles. The zero-order valence-corrected chi connectivity index (χ0v) is 18.5. The molecule has 0 bridgehead atoms. The monoisotopic (exact) mass is 441 g/mol. The van der Waals surface area contributed by atoms with E-state index in [1.165, 1.54) is 21.3 Å². The van der Waals surface area contributed by atoms with Gasteiger partial charge in [-0.25, -0.2) is 9.59 Å². The fourth-order valence-electron chi connectivity index (χ4n) is 3.48. The van der Waals surface area contributed by atoms with Gasteiger partial charge in [0.05, 0.1) is 51.8 Å². The molecule has 9 nitrogen and oxygen atoms in total. The molecule has 3 N–H and O–H groups in total. The van der Waals surface area contributed by atoms with Crippen molar-refractivity contribution in [3.05, 3.63) is 59.3 Å². The van der Waals surface area contributed by atoms with Crippen LogP contribution in [0.1, 0.15) is 18.5 Å². The molecular formula is C23H27N3O6. The van der Waals surface area contributed by atoms with E-state index >= 15 is 0 Å². The Labute approximate surface area is 186 Å². The Morgan fingerprint density at radius 1 is 1.03 bits per heavy atom. The highest BCUT2D eigenvalue weighted by Gasteiger charge is 2.33. The van der Waals surface area contributed by atoms with Crippen molar-refractivity contribution in [2.45, 2.75) is 13.0 Å². The minimum atomic E-state index is -0.638. The molecule has 1 aliphatic heterocycles. The second-order valence-electron chi connectivity index (χ2n) is 6.82. The third-order valence-electron chi connectivity index (χ3n) is 4.92. The molecular weight excluding hydrogens is 414 g/mol. The van der Waals surface area contributed by atoms with E-state index in [-0.39, 0.29) is 13.2 Å². The minimum absolute atomic E-state index is 0.156. The van der Waals surface area contributed by atoms with Crippen molar-refractivity contribution in [1.29, 1.82) is 0 Å². The number of rotatable bonds is 9. The summed E-state index contributed by atoms with van der Waals surface area (Å²) in [5.41, 5.74) is 2.17. The number of amides is 2. The maximum Gasteiger partial charge on any atom is 0.338 e. The van der Waals surface area contributed by atoms with E-state index in [1.807, 2.05) is 30.3 Å². The van der Waals surface area contributed by atoms with Gasteiger partial charge < -0.3 is 34.9 Å². The van der Waals surface area contributed by atoms with E-state index in [9.17, 15) is 9.59 Å². The molecule has 1 heterocycles. The molecule has 170 valence electrons. The summed E-state index contributed by atoms with van der Waals surface area (Å²) in [7, 11) is 4.58. The first-order valence-electron chi connectivity index (χ1n) is 10.1. The van der Waals surface area contributed by atoms with Gasteiger partial charge in [-0.2, -0.15) is 0 Å². The highest BCUT2D eigenvalue weighted by molar-refractivity contribution is 5.95. The molecule has 2 aromatic carbocycles. The van der Waals surface area contributed by atoms with Crippen LogP contribution in [0.3, 0.4) is 0 Å². The lowest BCUT2D eigenvalue weighted by molar-refractivity contribution is -0.139. The van der Waals surface area contributed by atoms with Crippen LogP contribution in [0, 0.1) is 0 Å². The summed E-state index contributed by atoms with van der Waals surface area (Å²) in [4.78, 5) is 25.2. The molecule has 3 rings (SSSR count). The summed E-state index contributed by atoms with van der Waals surface area (Å²) < 4.78 is 21.4. The van der Waals surface area contributed by atoms with E-state index < -0.39 is 18.0 Å². The van der Waals surface area contributed by atoms with Crippen molar-refractivity contribution in [2.24, 2.45) is 0 Å². The van der Waals surface area contributed by atoms with E-state index in [4.69, 9.17) is 18.9 Å². The number of hydrogen-bond acceptors (Lipinski definition) is 7. The van der Waals surface area contributed by atoms with Gasteiger partial charge in [-0.15, -0.1) is 0 Å². The minimum Gasteiger partial charge on any atom is -0.493 e. The van der Waals surface area contributed by atoms with Crippen molar-refractivity contribution < 1.29 is 28.5 Å². The number of anilines is 1. The zero-order chi connectivity index (χ0) is 23.1. The first-order chi connectivity index (χ1) is 15.5. The number of esters is 1. The number of urea groups is 1. The molecule has 9 heteroatoms. The Bertz CT molecular complexity index is 981. The second kappa shape index (κ2) is 10.4. The largest absolute Gasteiger partial charge is 0.493 e. The Kier molecular flexibility index (Phi) is 7.43. The Morgan fingerprint density at radius 2 is 1.69 bits per heavy atom. The normalized spacial score (nSPS) is 15.4. The van der Waals surface area contributed by atoms with E-state index in [0.717, 1.165) is 5.56 Å². The van der Waals surface area contributed by atoms with Crippen LogP contribution >= 0.6 is 0 Å². The lowest BCUT2D eigenvalue weighted by Crippen LogP contribution is -2.47. The summed E-state index contributed by atoms with van der Waals surface area (Å²) in [5, 5.41) is 8.75. The number of carbonyl (C=O) groups is 2. The van der Waals surface area contributed by atoms with Crippen LogP contribution in [0.15, 0.2) is 53.7 Å². The lowest BCUT2D eigenvalue weighted by Gasteiger charge is -2.29. The van der Waals surface area contributed by atoms with Crippen molar-refractivity contribution in [1.82, 2.24) is 10.6 Å². The first kappa shape index (κ1) is 22.8. The lowest BCUT2D eigenvalue weighted by atomic mass is 9.95. The molecule has 1 aliphatic rings. The number of ether oxygens (including phenoxy) is 4. The Hall–Kier alpha value is -3.88. The molecule has 0 spiro atoms. The van der Waals surface area contributed by atoms with Crippen LogP contribution < -0.4 is 30.2 Å². The number of nitrogens with one attached hydrogen (secondary N) is 3. The third-order valence-corrected chi connectivity index (χ3v) is 4.92. The van der Waals surface area contributed by atoms with Crippen LogP contribution in [-0.4, -0.2) is 46.5 Å². The van der Waals surface area contributed by atoms with Crippen LogP contribution in [0.25, 0.3) is 0 Å². The van der Waals surface area contributed by atoms with Gasteiger partial charge in [0.1, 0.15) is 0 Å².